The third-order valence-corrected chi connectivity index (χ3v) is 9.47. The summed E-state index contributed by atoms with van der Waals surface area (Å²) in [4.78, 5) is 23.3. The molecule has 0 spiro atoms. The maximum atomic E-state index is 13.5. The van der Waals surface area contributed by atoms with Crippen LogP contribution in [0, 0.1) is 0 Å². The number of alkyl halides is 6. The molecular weight excluding hydrogens is 711 g/mol. The third kappa shape index (κ3) is 11.2. The van der Waals surface area contributed by atoms with Crippen molar-refractivity contribution in [2.45, 2.75) is 62.6 Å². The molecule has 1 fully saturated rings. The van der Waals surface area contributed by atoms with Gasteiger partial charge in [0.15, 0.2) is 0 Å². The molecule has 1 heterocycles. The molecule has 1 aliphatic heterocycles. The molecule has 2 aromatic rings. The number of benzene rings is 2. The van der Waals surface area contributed by atoms with Crippen LogP contribution in [0.15, 0.2) is 84.5 Å². The first kappa shape index (κ1) is 39.7. The molecule has 272 valence electrons. The van der Waals surface area contributed by atoms with E-state index in [1.54, 1.807) is 24.3 Å². The Balaban J connectivity index is 1.56. The molecule has 1 unspecified atom stereocenters. The minimum absolute atomic E-state index is 0.0571. The Morgan fingerprint density at radius 2 is 1.70 bits per heavy atom. The van der Waals surface area contributed by atoms with Crippen molar-refractivity contribution in [1.29, 1.82) is 0 Å². The lowest BCUT2D eigenvalue weighted by Crippen LogP contribution is -2.46. The van der Waals surface area contributed by atoms with Gasteiger partial charge in [-0.1, -0.05) is 60.2 Å². The van der Waals surface area contributed by atoms with Gasteiger partial charge >= 0.3 is 18.3 Å². The summed E-state index contributed by atoms with van der Waals surface area (Å²) >= 11 is 12.6. The molecule has 1 saturated heterocycles. The Kier molecular flexibility index (Phi) is 13.8. The molecule has 6 nitrogen and oxygen atoms in total. The van der Waals surface area contributed by atoms with Gasteiger partial charge in [0, 0.05) is 25.1 Å². The number of nitrogens with zero attached hydrogens (tertiary/aromatic N) is 1. The summed E-state index contributed by atoms with van der Waals surface area (Å²) in [6.07, 6.45) is 1.73. The van der Waals surface area contributed by atoms with Gasteiger partial charge in [0.25, 0.3) is 0 Å². The molecule has 50 heavy (non-hydrogen) atoms. The number of aliphatic hydroxyl groups is 1. The van der Waals surface area contributed by atoms with Crippen LogP contribution >= 0.6 is 23.2 Å². The predicted octanol–water partition coefficient (Wildman–Crippen LogP) is 9.41. The van der Waals surface area contributed by atoms with Crippen LogP contribution in [0.2, 0.25) is 10.0 Å². The van der Waals surface area contributed by atoms with Gasteiger partial charge in [-0.15, -0.1) is 0 Å². The van der Waals surface area contributed by atoms with Crippen LogP contribution in [0.25, 0.3) is 0 Å². The molecular formula is C36H37Cl2F6NO5. The van der Waals surface area contributed by atoms with E-state index in [0.29, 0.717) is 67.2 Å². The highest BCUT2D eigenvalue weighted by atomic mass is 35.5. The van der Waals surface area contributed by atoms with Crippen LogP contribution in [0.1, 0.15) is 60.3 Å². The zero-order valence-corrected chi connectivity index (χ0v) is 28.5. The van der Waals surface area contributed by atoms with Gasteiger partial charge in [0.2, 0.25) is 0 Å². The lowest BCUT2D eigenvalue weighted by molar-refractivity contribution is -0.260. The molecule has 1 N–H and O–H groups in total. The van der Waals surface area contributed by atoms with Gasteiger partial charge in [-0.3, -0.25) is 4.89 Å². The maximum absolute atomic E-state index is 13.5. The topological polar surface area (TPSA) is 68.2 Å². The van der Waals surface area contributed by atoms with Crippen molar-refractivity contribution >= 4 is 29.2 Å². The molecule has 0 saturated carbocycles. The van der Waals surface area contributed by atoms with Crippen molar-refractivity contribution in [1.82, 2.24) is 4.90 Å². The van der Waals surface area contributed by atoms with Crippen LogP contribution in [0.3, 0.4) is 0 Å². The Morgan fingerprint density at radius 3 is 2.28 bits per heavy atom. The fourth-order valence-electron chi connectivity index (χ4n) is 6.02. The minimum atomic E-state index is -5.01. The largest absolute Gasteiger partial charge is 0.416 e. The molecule has 4 rings (SSSR count). The van der Waals surface area contributed by atoms with Gasteiger partial charge < -0.3 is 14.7 Å². The third-order valence-electron chi connectivity index (χ3n) is 8.73. The van der Waals surface area contributed by atoms with Crippen LogP contribution in [0.4, 0.5) is 26.3 Å². The SMILES string of the molecule is C=CC(=O)OOC/C=C(\COCc1cc(C(F)(F)F)cc(C(F)(F)F)c1)C(CCN1CCC(O)(C2=CC=CCC2)CC1)c1ccc(Cl)c(Cl)c1. The van der Waals surface area contributed by atoms with E-state index in [0.717, 1.165) is 24.5 Å². The van der Waals surface area contributed by atoms with E-state index in [9.17, 15) is 36.2 Å². The number of likely N-dealkylation sites (tertiary alicyclic amines) is 1. The van der Waals surface area contributed by atoms with E-state index in [1.807, 2.05) is 12.2 Å². The Labute approximate surface area is 296 Å². The number of hydrogen-bond donors (Lipinski definition) is 1. The molecule has 0 bridgehead atoms. The zero-order valence-electron chi connectivity index (χ0n) is 27.0. The first-order chi connectivity index (χ1) is 23.6. The van der Waals surface area contributed by atoms with Crippen LogP contribution in [0.5, 0.6) is 0 Å². The van der Waals surface area contributed by atoms with Crippen LogP contribution < -0.4 is 0 Å². The Hall–Kier alpha value is -3.13. The summed E-state index contributed by atoms with van der Waals surface area (Å²) in [7, 11) is 0. The second-order valence-corrected chi connectivity index (χ2v) is 12.9. The minimum Gasteiger partial charge on any atom is -0.385 e. The predicted molar refractivity (Wildman–Crippen MR) is 177 cm³/mol. The normalized spacial score (nSPS) is 17.7. The number of rotatable bonds is 14. The van der Waals surface area contributed by atoms with Crippen LogP contribution in [-0.4, -0.2) is 54.4 Å². The maximum Gasteiger partial charge on any atom is 0.416 e. The zero-order chi connectivity index (χ0) is 36.5. The van der Waals surface area contributed by atoms with Crippen molar-refractivity contribution in [3.63, 3.8) is 0 Å². The first-order valence-electron chi connectivity index (χ1n) is 15.9. The van der Waals surface area contributed by atoms with E-state index >= 15 is 0 Å². The summed E-state index contributed by atoms with van der Waals surface area (Å²) in [5.41, 5.74) is -1.82. The van der Waals surface area contributed by atoms with Gasteiger partial charge in [0.1, 0.15) is 6.61 Å². The number of carbonyl (C=O) groups is 1. The number of allylic oxidation sites excluding steroid dienone is 3. The summed E-state index contributed by atoms with van der Waals surface area (Å²) in [5, 5.41) is 11.9. The van der Waals surface area contributed by atoms with Crippen molar-refractivity contribution in [2.24, 2.45) is 0 Å². The number of ether oxygens (including phenoxy) is 1. The van der Waals surface area contributed by atoms with E-state index in [4.69, 9.17) is 32.8 Å². The molecule has 0 radical (unpaired) electrons. The van der Waals surface area contributed by atoms with Gasteiger partial charge in [-0.25, -0.2) is 4.79 Å². The Morgan fingerprint density at radius 1 is 1.02 bits per heavy atom. The summed E-state index contributed by atoms with van der Waals surface area (Å²) in [6.45, 7) is 4.05. The van der Waals surface area contributed by atoms with E-state index in [-0.39, 0.29) is 29.9 Å². The van der Waals surface area contributed by atoms with Crippen LogP contribution in [-0.2, 0) is 38.3 Å². The fourth-order valence-corrected chi connectivity index (χ4v) is 6.33. The highest BCUT2D eigenvalue weighted by Gasteiger charge is 2.37. The van der Waals surface area contributed by atoms with Crippen molar-refractivity contribution < 1.29 is 50.8 Å². The highest BCUT2D eigenvalue weighted by molar-refractivity contribution is 6.42. The smallest absolute Gasteiger partial charge is 0.385 e. The second-order valence-electron chi connectivity index (χ2n) is 12.1. The fraction of sp³-hybridized carbons (Fsp3) is 0.417. The second kappa shape index (κ2) is 17.4. The number of piperidine rings is 1. The molecule has 0 aromatic heterocycles. The quantitative estimate of drug-likeness (QED) is 0.0519. The molecule has 14 heteroatoms. The number of halogens is 8. The van der Waals surface area contributed by atoms with Crippen molar-refractivity contribution in [3.8, 4) is 0 Å². The molecule has 2 aromatic carbocycles. The molecule has 1 atom stereocenters. The van der Waals surface area contributed by atoms with E-state index < -0.39 is 47.6 Å². The highest BCUT2D eigenvalue weighted by Crippen LogP contribution is 2.38. The first-order valence-corrected chi connectivity index (χ1v) is 16.6. The van der Waals surface area contributed by atoms with Gasteiger partial charge in [-0.05, 0) is 91.3 Å². The summed E-state index contributed by atoms with van der Waals surface area (Å²) < 4.78 is 86.5. The van der Waals surface area contributed by atoms with Gasteiger partial charge in [-0.2, -0.15) is 31.2 Å². The Bertz CT molecular complexity index is 1560. The van der Waals surface area contributed by atoms with Gasteiger partial charge in [0.05, 0.1) is 40.0 Å². The molecule has 2 aliphatic rings. The average Bonchev–Trinajstić information content (AvgIpc) is 3.08. The monoisotopic (exact) mass is 747 g/mol. The lowest BCUT2D eigenvalue weighted by atomic mass is 9.80. The van der Waals surface area contributed by atoms with E-state index in [1.165, 1.54) is 0 Å². The molecule has 0 amide bonds. The van der Waals surface area contributed by atoms with Crippen molar-refractivity contribution in [2.75, 3.05) is 32.8 Å². The summed E-state index contributed by atoms with van der Waals surface area (Å²) in [5.74, 6) is -1.28. The standard InChI is InChI=1S/C36H37Cl2F6NO5/c1-2-33(46)50-49-17-11-26(23-48-22-24-18-28(35(39,40)41)21-29(19-24)36(42,43)44)30(25-8-9-31(37)32(38)20-25)10-14-45-15-12-34(47,13-16-45)27-6-4-3-5-7-27/h2-4,6,8-9,11,18-21,30,47H,1,5,7,10,12-17,22-23H2/b26-11+. The lowest BCUT2D eigenvalue weighted by Gasteiger charge is -2.40. The molecule has 1 aliphatic carbocycles. The van der Waals surface area contributed by atoms with Crippen molar-refractivity contribution in [3.05, 3.63) is 117 Å². The number of carbonyl (C=O) groups excluding carboxylic acids is 1. The average molecular weight is 749 g/mol. The van der Waals surface area contributed by atoms with E-state index in [2.05, 4.69) is 22.4 Å². The summed E-state index contributed by atoms with van der Waals surface area (Å²) in [6, 6.07) is 6.32. The number of hydrogen-bond acceptors (Lipinski definition) is 6.